The Hall–Kier alpha value is 0.0300. The Balaban J connectivity index is 2.04. The van der Waals surface area contributed by atoms with E-state index in [1.165, 1.54) is 0 Å². The molecule has 6 heteroatoms. The molecule has 0 saturated heterocycles. The Morgan fingerprint density at radius 1 is 1.12 bits per heavy atom. The maximum atomic E-state index is 6.00. The Morgan fingerprint density at radius 2 is 1.88 bits per heavy atom. The summed E-state index contributed by atoms with van der Waals surface area (Å²) in [5.74, 6) is 0.836. The zero-order valence-electron chi connectivity index (χ0n) is 8.44. The topological polar surface area (TPSA) is 25.2 Å². The quantitative estimate of drug-likeness (QED) is 0.644. The van der Waals surface area contributed by atoms with Gasteiger partial charge in [0.05, 0.1) is 16.0 Å². The van der Waals surface area contributed by atoms with E-state index in [9.17, 15) is 0 Å². The van der Waals surface area contributed by atoms with Gasteiger partial charge in [0.25, 0.3) is 0 Å². The van der Waals surface area contributed by atoms with E-state index in [0.29, 0.717) is 16.2 Å². The van der Waals surface area contributed by atoms with Crippen LogP contribution in [0.3, 0.4) is 0 Å². The summed E-state index contributed by atoms with van der Waals surface area (Å²) in [5.41, 5.74) is 0.946. The van der Waals surface area contributed by atoms with E-state index in [4.69, 9.17) is 16.0 Å². The molecule has 0 aliphatic carbocycles. The Kier molecular flexibility index (Phi) is 4.58. The van der Waals surface area contributed by atoms with Gasteiger partial charge in [-0.2, -0.15) is 0 Å². The molecular formula is C11H7Br3ClNO. The van der Waals surface area contributed by atoms with Crippen LogP contribution in [0.5, 0.6) is 0 Å². The first kappa shape index (κ1) is 13.5. The van der Waals surface area contributed by atoms with Crippen LogP contribution in [0.15, 0.2) is 42.3 Å². The third kappa shape index (κ3) is 3.50. The van der Waals surface area contributed by atoms with Crippen LogP contribution in [0, 0.1) is 0 Å². The minimum atomic E-state index is 0.599. The first-order valence-electron chi connectivity index (χ1n) is 4.69. The van der Waals surface area contributed by atoms with Crippen LogP contribution in [0.4, 0.5) is 5.69 Å². The number of rotatable bonds is 3. The van der Waals surface area contributed by atoms with Gasteiger partial charge in [0.2, 0.25) is 0 Å². The molecule has 0 bridgehead atoms. The smallest absolute Gasteiger partial charge is 0.183 e. The molecule has 1 heterocycles. The lowest BCUT2D eigenvalue weighted by molar-refractivity contribution is 0.494. The van der Waals surface area contributed by atoms with Crippen molar-refractivity contribution in [3.63, 3.8) is 0 Å². The highest BCUT2D eigenvalue weighted by molar-refractivity contribution is 9.13. The number of benzene rings is 1. The van der Waals surface area contributed by atoms with Gasteiger partial charge in [-0.05, 0) is 72.1 Å². The molecule has 0 amide bonds. The highest BCUT2D eigenvalue weighted by Crippen LogP contribution is 2.28. The van der Waals surface area contributed by atoms with Crippen LogP contribution >= 0.6 is 59.4 Å². The second kappa shape index (κ2) is 5.78. The Morgan fingerprint density at radius 3 is 2.47 bits per heavy atom. The van der Waals surface area contributed by atoms with E-state index < -0.39 is 0 Å². The summed E-state index contributed by atoms with van der Waals surface area (Å²) in [7, 11) is 0. The average molecular weight is 444 g/mol. The average Bonchev–Trinajstić information content (AvgIpc) is 2.60. The maximum Gasteiger partial charge on any atom is 0.183 e. The molecule has 1 aromatic heterocycles. The summed E-state index contributed by atoms with van der Waals surface area (Å²) in [5, 5.41) is 3.91. The molecule has 0 atom stereocenters. The lowest BCUT2D eigenvalue weighted by Crippen LogP contribution is -1.97. The predicted molar refractivity (Wildman–Crippen MR) is 80.6 cm³/mol. The summed E-state index contributed by atoms with van der Waals surface area (Å²) in [4.78, 5) is 0. The van der Waals surface area contributed by atoms with Gasteiger partial charge < -0.3 is 9.73 Å². The highest BCUT2D eigenvalue weighted by Gasteiger charge is 2.06. The highest BCUT2D eigenvalue weighted by atomic mass is 79.9. The monoisotopic (exact) mass is 441 g/mol. The van der Waals surface area contributed by atoms with Crippen molar-refractivity contribution < 1.29 is 4.42 Å². The third-order valence-corrected chi connectivity index (χ3v) is 5.03. The fourth-order valence-corrected chi connectivity index (χ4v) is 2.36. The van der Waals surface area contributed by atoms with Gasteiger partial charge in [-0.3, -0.25) is 0 Å². The standard InChI is InChI=1S/C11H7Br3ClNO/c12-8-2-1-6(3-10(8)15)16-5-7-4-9(13)11(14)17-7/h1-4,16H,5H2. The van der Waals surface area contributed by atoms with E-state index in [2.05, 4.69) is 53.1 Å². The molecule has 1 N–H and O–H groups in total. The molecule has 0 saturated carbocycles. The summed E-state index contributed by atoms with van der Waals surface area (Å²) in [6, 6.07) is 7.62. The van der Waals surface area contributed by atoms with E-state index in [-0.39, 0.29) is 0 Å². The molecule has 0 aliphatic heterocycles. The van der Waals surface area contributed by atoms with Gasteiger partial charge in [-0.15, -0.1) is 0 Å². The van der Waals surface area contributed by atoms with E-state index in [1.807, 2.05) is 24.3 Å². The van der Waals surface area contributed by atoms with Crippen LogP contribution in [-0.2, 0) is 6.54 Å². The van der Waals surface area contributed by atoms with Gasteiger partial charge in [0.1, 0.15) is 5.76 Å². The Labute approximate surface area is 129 Å². The number of furan rings is 1. The zero-order valence-corrected chi connectivity index (χ0v) is 14.0. The lowest BCUT2D eigenvalue weighted by atomic mass is 10.3. The van der Waals surface area contributed by atoms with Crippen molar-refractivity contribution in [3.8, 4) is 0 Å². The molecule has 17 heavy (non-hydrogen) atoms. The largest absolute Gasteiger partial charge is 0.451 e. The number of hydrogen-bond acceptors (Lipinski definition) is 2. The van der Waals surface area contributed by atoms with Gasteiger partial charge in [0, 0.05) is 10.2 Å². The second-order valence-corrected chi connectivity index (χ2v) is 6.15. The number of nitrogens with one attached hydrogen (secondary N) is 1. The molecule has 0 aliphatic rings. The zero-order chi connectivity index (χ0) is 12.4. The molecule has 0 fully saturated rings. The normalized spacial score (nSPS) is 10.6. The van der Waals surface area contributed by atoms with E-state index in [0.717, 1.165) is 20.4 Å². The van der Waals surface area contributed by atoms with Crippen molar-refractivity contribution in [1.82, 2.24) is 0 Å². The number of halogens is 4. The minimum absolute atomic E-state index is 0.599. The van der Waals surface area contributed by atoms with Crippen LogP contribution in [0.1, 0.15) is 5.76 Å². The Bertz CT molecular complexity index is 522. The van der Waals surface area contributed by atoms with Crippen molar-refractivity contribution in [2.45, 2.75) is 6.54 Å². The van der Waals surface area contributed by atoms with Crippen LogP contribution in [0.25, 0.3) is 0 Å². The van der Waals surface area contributed by atoms with Gasteiger partial charge in [0.15, 0.2) is 4.67 Å². The van der Waals surface area contributed by atoms with Crippen molar-refractivity contribution in [2.24, 2.45) is 0 Å². The molecule has 2 aromatic rings. The van der Waals surface area contributed by atoms with Crippen molar-refractivity contribution in [3.05, 3.63) is 48.7 Å². The fraction of sp³-hybridized carbons (Fsp3) is 0.0909. The van der Waals surface area contributed by atoms with Gasteiger partial charge >= 0.3 is 0 Å². The molecule has 0 unspecified atom stereocenters. The predicted octanol–water partition coefficient (Wildman–Crippen LogP) is 5.83. The molecule has 0 spiro atoms. The minimum Gasteiger partial charge on any atom is -0.451 e. The van der Waals surface area contributed by atoms with E-state index in [1.54, 1.807) is 0 Å². The van der Waals surface area contributed by atoms with Gasteiger partial charge in [-0.1, -0.05) is 11.6 Å². The van der Waals surface area contributed by atoms with Crippen molar-refractivity contribution in [1.29, 1.82) is 0 Å². The lowest BCUT2D eigenvalue weighted by Gasteiger charge is -2.05. The van der Waals surface area contributed by atoms with Gasteiger partial charge in [-0.25, -0.2) is 0 Å². The number of anilines is 1. The van der Waals surface area contributed by atoms with Crippen molar-refractivity contribution >= 4 is 65.1 Å². The summed E-state index contributed by atoms with van der Waals surface area (Å²) in [6.07, 6.45) is 0. The summed E-state index contributed by atoms with van der Waals surface area (Å²) in [6.45, 7) is 0.599. The van der Waals surface area contributed by atoms with Crippen LogP contribution in [-0.4, -0.2) is 0 Å². The molecule has 1 aromatic carbocycles. The molecule has 90 valence electrons. The first-order valence-corrected chi connectivity index (χ1v) is 7.44. The molecule has 0 radical (unpaired) electrons. The SMILES string of the molecule is Clc1cc(NCc2cc(Br)c(Br)o2)ccc1Br. The number of hydrogen-bond donors (Lipinski definition) is 1. The molecule has 2 rings (SSSR count). The summed E-state index contributed by atoms with van der Waals surface area (Å²) >= 11 is 16.0. The van der Waals surface area contributed by atoms with E-state index >= 15 is 0 Å². The van der Waals surface area contributed by atoms with Crippen LogP contribution in [0.2, 0.25) is 5.02 Å². The molecule has 2 nitrogen and oxygen atoms in total. The van der Waals surface area contributed by atoms with Crippen LogP contribution < -0.4 is 5.32 Å². The molecular weight excluding hydrogens is 437 g/mol. The summed E-state index contributed by atoms with van der Waals surface area (Å²) < 4.78 is 7.94. The third-order valence-electron chi connectivity index (χ3n) is 2.08. The van der Waals surface area contributed by atoms with Crippen molar-refractivity contribution in [2.75, 3.05) is 5.32 Å². The fourth-order valence-electron chi connectivity index (χ4n) is 1.27. The second-order valence-electron chi connectivity index (χ2n) is 3.32. The first-order chi connectivity index (χ1) is 8.06. The maximum absolute atomic E-state index is 6.00.